The first kappa shape index (κ1) is 7.56. The lowest BCUT2D eigenvalue weighted by Gasteiger charge is -2.39. The second-order valence-corrected chi connectivity index (χ2v) is 4.97. The van der Waals surface area contributed by atoms with Crippen molar-refractivity contribution in [3.05, 3.63) is 0 Å². The molecule has 1 aliphatic carbocycles. The molecule has 2 aliphatic rings. The molecule has 64 valence electrons. The minimum Gasteiger partial charge on any atom is -0.380 e. The summed E-state index contributed by atoms with van der Waals surface area (Å²) in [7, 11) is 0. The van der Waals surface area contributed by atoms with Crippen LogP contribution >= 0.6 is 0 Å². The van der Waals surface area contributed by atoms with E-state index in [0.717, 1.165) is 13.2 Å². The standard InChI is InChI=1S/C9H17NO/c1-8(2)6(7(8)10)9(3)4-11-5-9/h6-7H,4-5,10H2,1-3H3. The summed E-state index contributed by atoms with van der Waals surface area (Å²) in [6.07, 6.45) is 0. The van der Waals surface area contributed by atoms with Gasteiger partial charge in [-0.2, -0.15) is 0 Å². The number of nitrogens with two attached hydrogens (primary N) is 1. The van der Waals surface area contributed by atoms with E-state index in [1.807, 2.05) is 0 Å². The molecule has 1 saturated heterocycles. The molecule has 2 heteroatoms. The molecule has 2 fully saturated rings. The zero-order valence-electron chi connectivity index (χ0n) is 7.55. The predicted molar refractivity (Wildman–Crippen MR) is 44.2 cm³/mol. The van der Waals surface area contributed by atoms with Crippen LogP contribution in [0.2, 0.25) is 0 Å². The summed E-state index contributed by atoms with van der Waals surface area (Å²) in [4.78, 5) is 0. The lowest BCUT2D eigenvalue weighted by Crippen LogP contribution is -2.43. The average molecular weight is 155 g/mol. The summed E-state index contributed by atoms with van der Waals surface area (Å²) < 4.78 is 5.23. The van der Waals surface area contributed by atoms with Gasteiger partial charge in [-0.15, -0.1) is 0 Å². The summed E-state index contributed by atoms with van der Waals surface area (Å²) in [6, 6.07) is 0.399. The van der Waals surface area contributed by atoms with E-state index in [0.29, 0.717) is 22.8 Å². The number of hydrogen-bond acceptors (Lipinski definition) is 2. The minimum absolute atomic E-state index is 0.360. The molecule has 2 nitrogen and oxygen atoms in total. The van der Waals surface area contributed by atoms with Gasteiger partial charge in [0, 0.05) is 11.5 Å². The van der Waals surface area contributed by atoms with Gasteiger partial charge >= 0.3 is 0 Å². The summed E-state index contributed by atoms with van der Waals surface area (Å²) in [5.74, 6) is 0.684. The van der Waals surface area contributed by atoms with Crippen molar-refractivity contribution in [3.8, 4) is 0 Å². The molecule has 2 atom stereocenters. The van der Waals surface area contributed by atoms with Crippen LogP contribution in [0.5, 0.6) is 0 Å². The minimum atomic E-state index is 0.360. The maximum absolute atomic E-state index is 5.98. The van der Waals surface area contributed by atoms with Gasteiger partial charge < -0.3 is 10.5 Å². The third-order valence-electron chi connectivity index (χ3n) is 3.53. The van der Waals surface area contributed by atoms with Gasteiger partial charge in [-0.05, 0) is 11.3 Å². The Morgan fingerprint density at radius 3 is 1.82 bits per heavy atom. The van der Waals surface area contributed by atoms with E-state index in [2.05, 4.69) is 20.8 Å². The van der Waals surface area contributed by atoms with E-state index < -0.39 is 0 Å². The summed E-state index contributed by atoms with van der Waals surface area (Å²) in [5, 5.41) is 0. The highest BCUT2D eigenvalue weighted by molar-refractivity contribution is 5.16. The van der Waals surface area contributed by atoms with Crippen molar-refractivity contribution in [2.24, 2.45) is 22.5 Å². The first-order valence-corrected chi connectivity index (χ1v) is 4.32. The van der Waals surface area contributed by atoms with Gasteiger partial charge in [0.1, 0.15) is 0 Å². The zero-order chi connectivity index (χ0) is 8.28. The third-order valence-corrected chi connectivity index (χ3v) is 3.53. The Bertz CT molecular complexity index is 184. The second-order valence-electron chi connectivity index (χ2n) is 4.97. The SMILES string of the molecule is CC1(C2C(N)C2(C)C)COC1. The Kier molecular flexibility index (Phi) is 1.24. The first-order valence-electron chi connectivity index (χ1n) is 4.32. The Hall–Kier alpha value is -0.0800. The van der Waals surface area contributed by atoms with Crippen LogP contribution in [0.4, 0.5) is 0 Å². The molecule has 0 aromatic carbocycles. The van der Waals surface area contributed by atoms with Crippen LogP contribution in [0.1, 0.15) is 20.8 Å². The van der Waals surface area contributed by atoms with E-state index in [1.54, 1.807) is 0 Å². The van der Waals surface area contributed by atoms with Crippen LogP contribution in [0.3, 0.4) is 0 Å². The molecule has 0 radical (unpaired) electrons. The molecule has 0 spiro atoms. The normalized spacial score (nSPS) is 44.7. The molecule has 2 unspecified atom stereocenters. The van der Waals surface area contributed by atoms with Crippen LogP contribution in [0, 0.1) is 16.7 Å². The molecule has 1 saturated carbocycles. The van der Waals surface area contributed by atoms with Crippen molar-refractivity contribution in [1.82, 2.24) is 0 Å². The van der Waals surface area contributed by atoms with Gasteiger partial charge in [0.15, 0.2) is 0 Å². The number of ether oxygens (including phenoxy) is 1. The van der Waals surface area contributed by atoms with Crippen molar-refractivity contribution < 1.29 is 4.74 Å². The number of rotatable bonds is 1. The molecule has 2 N–H and O–H groups in total. The highest BCUT2D eigenvalue weighted by atomic mass is 16.5. The fourth-order valence-electron chi connectivity index (χ4n) is 2.61. The molecule has 0 amide bonds. The van der Waals surface area contributed by atoms with E-state index in [1.165, 1.54) is 0 Å². The highest BCUT2D eigenvalue weighted by Gasteiger charge is 2.65. The second kappa shape index (κ2) is 1.80. The van der Waals surface area contributed by atoms with Crippen molar-refractivity contribution in [2.75, 3.05) is 13.2 Å². The Labute approximate surface area is 68.1 Å². The lowest BCUT2D eigenvalue weighted by molar-refractivity contribution is -0.120. The van der Waals surface area contributed by atoms with Crippen LogP contribution in [0.15, 0.2) is 0 Å². The maximum Gasteiger partial charge on any atom is 0.0545 e. The molecule has 1 aliphatic heterocycles. The Morgan fingerprint density at radius 1 is 1.27 bits per heavy atom. The summed E-state index contributed by atoms with van der Waals surface area (Å²) in [6.45, 7) is 8.62. The van der Waals surface area contributed by atoms with Crippen molar-refractivity contribution >= 4 is 0 Å². The molecule has 0 aromatic heterocycles. The van der Waals surface area contributed by atoms with Crippen molar-refractivity contribution in [2.45, 2.75) is 26.8 Å². The predicted octanol–water partition coefficient (Wildman–Crippen LogP) is 1.01. The van der Waals surface area contributed by atoms with Crippen LogP contribution in [-0.4, -0.2) is 19.3 Å². The van der Waals surface area contributed by atoms with Gasteiger partial charge in [0.25, 0.3) is 0 Å². The Balaban J connectivity index is 2.09. The van der Waals surface area contributed by atoms with E-state index in [9.17, 15) is 0 Å². The average Bonchev–Trinajstić information content (AvgIpc) is 2.29. The van der Waals surface area contributed by atoms with Crippen LogP contribution in [0.25, 0.3) is 0 Å². The van der Waals surface area contributed by atoms with E-state index in [4.69, 9.17) is 10.5 Å². The topological polar surface area (TPSA) is 35.2 Å². The summed E-state index contributed by atoms with van der Waals surface area (Å²) >= 11 is 0. The monoisotopic (exact) mass is 155 g/mol. The molecule has 0 bridgehead atoms. The van der Waals surface area contributed by atoms with Gasteiger partial charge in [-0.3, -0.25) is 0 Å². The fraction of sp³-hybridized carbons (Fsp3) is 1.00. The van der Waals surface area contributed by atoms with Gasteiger partial charge in [0.2, 0.25) is 0 Å². The van der Waals surface area contributed by atoms with Gasteiger partial charge in [0.05, 0.1) is 13.2 Å². The van der Waals surface area contributed by atoms with Gasteiger partial charge in [-0.25, -0.2) is 0 Å². The van der Waals surface area contributed by atoms with Crippen LogP contribution < -0.4 is 5.73 Å². The van der Waals surface area contributed by atoms with Gasteiger partial charge in [-0.1, -0.05) is 20.8 Å². The van der Waals surface area contributed by atoms with Crippen LogP contribution in [-0.2, 0) is 4.74 Å². The van der Waals surface area contributed by atoms with Crippen molar-refractivity contribution in [1.29, 1.82) is 0 Å². The number of hydrogen-bond donors (Lipinski definition) is 1. The molecule has 0 aromatic rings. The summed E-state index contributed by atoms with van der Waals surface area (Å²) in [5.41, 5.74) is 6.74. The first-order chi connectivity index (χ1) is 4.98. The third kappa shape index (κ3) is 0.798. The smallest absolute Gasteiger partial charge is 0.0545 e. The Morgan fingerprint density at radius 2 is 1.73 bits per heavy atom. The lowest BCUT2D eigenvalue weighted by atomic mass is 9.80. The quantitative estimate of drug-likeness (QED) is 0.613. The largest absolute Gasteiger partial charge is 0.380 e. The molecular formula is C9H17NO. The van der Waals surface area contributed by atoms with Crippen molar-refractivity contribution in [3.63, 3.8) is 0 Å². The highest BCUT2D eigenvalue weighted by Crippen LogP contribution is 2.61. The fourth-order valence-corrected chi connectivity index (χ4v) is 2.61. The molecule has 1 heterocycles. The van der Waals surface area contributed by atoms with E-state index in [-0.39, 0.29) is 0 Å². The molecule has 11 heavy (non-hydrogen) atoms. The molecule has 2 rings (SSSR count). The van der Waals surface area contributed by atoms with E-state index >= 15 is 0 Å². The molecular weight excluding hydrogens is 138 g/mol. The maximum atomic E-state index is 5.98. The zero-order valence-corrected chi connectivity index (χ0v) is 7.55.